The maximum Gasteiger partial charge on any atom is 0.304 e. The Morgan fingerprint density at radius 2 is 1.95 bits per heavy atom. The van der Waals surface area contributed by atoms with Gasteiger partial charge in [0.25, 0.3) is 0 Å². The van der Waals surface area contributed by atoms with E-state index in [1.165, 1.54) is 11.1 Å². The zero-order valence-electron chi connectivity index (χ0n) is 12.3. The van der Waals surface area contributed by atoms with Crippen LogP contribution in [0.15, 0.2) is 18.2 Å². The zero-order chi connectivity index (χ0) is 14.7. The molecule has 0 amide bonds. The summed E-state index contributed by atoms with van der Waals surface area (Å²) in [5, 5.41) is 8.72. The normalized spacial score (nSPS) is 19.2. The number of piperazine rings is 1. The van der Waals surface area contributed by atoms with Crippen molar-refractivity contribution < 1.29 is 14.6 Å². The summed E-state index contributed by atoms with van der Waals surface area (Å²) in [7, 11) is 0. The van der Waals surface area contributed by atoms with Crippen molar-refractivity contribution in [2.75, 3.05) is 39.3 Å². The molecule has 0 saturated carbocycles. The summed E-state index contributed by atoms with van der Waals surface area (Å²) >= 11 is 0. The predicted molar refractivity (Wildman–Crippen MR) is 79.6 cm³/mol. The molecule has 1 aromatic carbocycles. The fraction of sp³-hybridized carbons (Fsp3) is 0.562. The molecule has 1 fully saturated rings. The number of benzene rings is 1. The van der Waals surface area contributed by atoms with Crippen LogP contribution in [0, 0.1) is 0 Å². The van der Waals surface area contributed by atoms with Gasteiger partial charge in [0.1, 0.15) is 5.75 Å². The summed E-state index contributed by atoms with van der Waals surface area (Å²) in [4.78, 5) is 15.3. The zero-order valence-corrected chi connectivity index (χ0v) is 12.3. The lowest BCUT2D eigenvalue weighted by Crippen LogP contribution is -2.46. The average molecular weight is 290 g/mol. The molecule has 0 unspecified atom stereocenters. The number of ether oxygens (including phenoxy) is 1. The van der Waals surface area contributed by atoms with Crippen molar-refractivity contribution in [3.63, 3.8) is 0 Å². The average Bonchev–Trinajstić information content (AvgIpc) is 2.94. The van der Waals surface area contributed by atoms with Gasteiger partial charge in [-0.1, -0.05) is 12.1 Å². The van der Waals surface area contributed by atoms with Gasteiger partial charge >= 0.3 is 5.97 Å². The van der Waals surface area contributed by atoms with Crippen molar-refractivity contribution in [1.82, 2.24) is 9.80 Å². The second-order valence-electron chi connectivity index (χ2n) is 5.80. The second kappa shape index (κ2) is 6.45. The van der Waals surface area contributed by atoms with Crippen molar-refractivity contribution in [2.45, 2.75) is 19.4 Å². The Morgan fingerprint density at radius 1 is 1.19 bits per heavy atom. The number of hydrogen-bond donors (Lipinski definition) is 1. The molecule has 0 aromatic heterocycles. The second-order valence-corrected chi connectivity index (χ2v) is 5.80. The smallest absolute Gasteiger partial charge is 0.304 e. The van der Waals surface area contributed by atoms with E-state index in [4.69, 9.17) is 9.84 Å². The molecular formula is C16H22N2O3. The number of carboxylic acid groups (broad SMARTS) is 1. The Morgan fingerprint density at radius 3 is 2.71 bits per heavy atom. The summed E-state index contributed by atoms with van der Waals surface area (Å²) in [5.74, 6) is 0.329. The largest absolute Gasteiger partial charge is 0.493 e. The van der Waals surface area contributed by atoms with Crippen molar-refractivity contribution in [2.24, 2.45) is 0 Å². The molecule has 2 aliphatic heterocycles. The number of carbonyl (C=O) groups is 1. The third-order valence-electron chi connectivity index (χ3n) is 4.27. The van der Waals surface area contributed by atoms with Crippen LogP contribution in [0.25, 0.3) is 0 Å². The fourth-order valence-corrected chi connectivity index (χ4v) is 3.02. The summed E-state index contributed by atoms with van der Waals surface area (Å²) < 4.78 is 5.54. The topological polar surface area (TPSA) is 53.0 Å². The summed E-state index contributed by atoms with van der Waals surface area (Å²) in [6.45, 7) is 6.38. The Hall–Kier alpha value is -1.59. The van der Waals surface area contributed by atoms with E-state index >= 15 is 0 Å². The molecular weight excluding hydrogens is 268 g/mol. The summed E-state index contributed by atoms with van der Waals surface area (Å²) in [5.41, 5.74) is 2.67. The molecule has 0 atom stereocenters. The molecule has 0 aliphatic carbocycles. The molecule has 1 N–H and O–H groups in total. The Balaban J connectivity index is 1.48. The molecule has 5 nitrogen and oxygen atoms in total. The monoisotopic (exact) mass is 290 g/mol. The highest BCUT2D eigenvalue weighted by molar-refractivity contribution is 5.66. The van der Waals surface area contributed by atoms with Gasteiger partial charge in [-0.05, 0) is 17.2 Å². The van der Waals surface area contributed by atoms with Gasteiger partial charge in [-0.25, -0.2) is 0 Å². The lowest BCUT2D eigenvalue weighted by Gasteiger charge is -2.34. The molecule has 0 radical (unpaired) electrons. The van der Waals surface area contributed by atoms with Gasteiger partial charge in [0, 0.05) is 45.7 Å². The van der Waals surface area contributed by atoms with E-state index in [0.29, 0.717) is 6.54 Å². The van der Waals surface area contributed by atoms with Crippen LogP contribution in [-0.2, 0) is 17.8 Å². The standard InChI is InChI=1S/C16H22N2O3/c19-16(20)3-5-17-6-8-18(9-7-17)12-13-1-2-15-14(11-13)4-10-21-15/h1-2,11H,3-10,12H2,(H,19,20). The van der Waals surface area contributed by atoms with E-state index in [1.807, 2.05) is 0 Å². The van der Waals surface area contributed by atoms with Gasteiger partial charge in [0.15, 0.2) is 0 Å². The molecule has 0 bridgehead atoms. The third-order valence-corrected chi connectivity index (χ3v) is 4.27. The first-order valence-corrected chi connectivity index (χ1v) is 7.62. The Bertz CT molecular complexity index is 510. The highest BCUT2D eigenvalue weighted by atomic mass is 16.5. The van der Waals surface area contributed by atoms with E-state index in [2.05, 4.69) is 28.0 Å². The number of hydrogen-bond acceptors (Lipinski definition) is 4. The lowest BCUT2D eigenvalue weighted by molar-refractivity contribution is -0.137. The first-order chi connectivity index (χ1) is 10.2. The first-order valence-electron chi connectivity index (χ1n) is 7.62. The molecule has 2 aliphatic rings. The fourth-order valence-electron chi connectivity index (χ4n) is 3.02. The van der Waals surface area contributed by atoms with Crippen LogP contribution in [0.2, 0.25) is 0 Å². The number of nitrogens with zero attached hydrogens (tertiary/aromatic N) is 2. The molecule has 3 rings (SSSR count). The number of carboxylic acids is 1. The maximum absolute atomic E-state index is 10.6. The minimum Gasteiger partial charge on any atom is -0.493 e. The van der Waals surface area contributed by atoms with Crippen molar-refractivity contribution >= 4 is 5.97 Å². The van der Waals surface area contributed by atoms with Gasteiger partial charge in [-0.15, -0.1) is 0 Å². The number of aliphatic carboxylic acids is 1. The van der Waals surface area contributed by atoms with E-state index in [0.717, 1.165) is 51.5 Å². The van der Waals surface area contributed by atoms with E-state index < -0.39 is 5.97 Å². The van der Waals surface area contributed by atoms with Crippen molar-refractivity contribution in [3.8, 4) is 5.75 Å². The Kier molecular flexibility index (Phi) is 4.41. The van der Waals surface area contributed by atoms with Crippen LogP contribution in [-0.4, -0.2) is 60.2 Å². The molecule has 5 heteroatoms. The van der Waals surface area contributed by atoms with Gasteiger partial charge in [-0.3, -0.25) is 9.69 Å². The highest BCUT2D eigenvalue weighted by Crippen LogP contribution is 2.26. The SMILES string of the molecule is O=C(O)CCN1CCN(Cc2ccc3c(c2)CCO3)CC1. The van der Waals surface area contributed by atoms with Crippen LogP contribution in [0.1, 0.15) is 17.5 Å². The van der Waals surface area contributed by atoms with Crippen LogP contribution in [0.5, 0.6) is 5.75 Å². The number of rotatable bonds is 5. The molecule has 114 valence electrons. The van der Waals surface area contributed by atoms with Gasteiger partial charge < -0.3 is 14.7 Å². The van der Waals surface area contributed by atoms with Gasteiger partial charge in [0.05, 0.1) is 13.0 Å². The Labute approximate surface area is 125 Å². The predicted octanol–water partition coefficient (Wildman–Crippen LogP) is 1.21. The van der Waals surface area contributed by atoms with E-state index in [9.17, 15) is 4.79 Å². The molecule has 0 spiro atoms. The minimum absolute atomic E-state index is 0.241. The van der Waals surface area contributed by atoms with Crippen LogP contribution < -0.4 is 4.74 Å². The van der Waals surface area contributed by atoms with Crippen molar-refractivity contribution in [1.29, 1.82) is 0 Å². The van der Waals surface area contributed by atoms with Crippen LogP contribution >= 0.6 is 0 Å². The van der Waals surface area contributed by atoms with Gasteiger partial charge in [-0.2, -0.15) is 0 Å². The summed E-state index contributed by atoms with van der Waals surface area (Å²) in [6.07, 6.45) is 1.26. The molecule has 1 saturated heterocycles. The van der Waals surface area contributed by atoms with Crippen LogP contribution in [0.4, 0.5) is 0 Å². The third kappa shape index (κ3) is 3.74. The maximum atomic E-state index is 10.6. The van der Waals surface area contributed by atoms with E-state index in [-0.39, 0.29) is 6.42 Å². The first kappa shape index (κ1) is 14.4. The summed E-state index contributed by atoms with van der Waals surface area (Å²) in [6, 6.07) is 6.50. The van der Waals surface area contributed by atoms with E-state index in [1.54, 1.807) is 0 Å². The van der Waals surface area contributed by atoms with Crippen molar-refractivity contribution in [3.05, 3.63) is 29.3 Å². The van der Waals surface area contributed by atoms with Crippen LogP contribution in [0.3, 0.4) is 0 Å². The highest BCUT2D eigenvalue weighted by Gasteiger charge is 2.18. The van der Waals surface area contributed by atoms with Gasteiger partial charge in [0.2, 0.25) is 0 Å². The minimum atomic E-state index is -0.710. The lowest BCUT2D eigenvalue weighted by atomic mass is 10.1. The molecule has 1 aromatic rings. The molecule has 2 heterocycles. The molecule has 21 heavy (non-hydrogen) atoms. The quantitative estimate of drug-likeness (QED) is 0.883. The number of fused-ring (bicyclic) bond motifs is 1.